The van der Waals surface area contributed by atoms with Gasteiger partial charge in [-0.15, -0.1) is 0 Å². The second-order valence-corrected chi connectivity index (χ2v) is 5.99. The summed E-state index contributed by atoms with van der Waals surface area (Å²) in [6.45, 7) is 11.8. The number of hydrogen-bond acceptors (Lipinski definition) is 4. The topological polar surface area (TPSA) is 95.1 Å². The first-order valence-corrected chi connectivity index (χ1v) is 7.03. The van der Waals surface area contributed by atoms with Crippen LogP contribution in [0.2, 0.25) is 0 Å². The van der Waals surface area contributed by atoms with Gasteiger partial charge in [0.05, 0.1) is 5.54 Å². The van der Waals surface area contributed by atoms with Crippen LogP contribution < -0.4 is 16.5 Å². The van der Waals surface area contributed by atoms with Crippen LogP contribution in [0, 0.1) is 0 Å². The third-order valence-electron chi connectivity index (χ3n) is 2.67. The highest BCUT2D eigenvalue weighted by molar-refractivity contribution is 7.80. The van der Waals surface area contributed by atoms with Crippen molar-refractivity contribution in [3.63, 3.8) is 0 Å². The standard InChI is InChI=1S/C12H26N6OS/c1-7-11(3,4)16-17-12(5,6)14-10(19)15-18(8-2)9(13)20/h7-8H2,1-6H3,(H2,13,20)(H2,14,15,19)/b17-16+. The number of carbonyl (C=O) groups is 1. The van der Waals surface area contributed by atoms with E-state index in [-0.39, 0.29) is 10.7 Å². The van der Waals surface area contributed by atoms with Crippen LogP contribution in [0.15, 0.2) is 10.2 Å². The maximum Gasteiger partial charge on any atom is 0.335 e. The highest BCUT2D eigenvalue weighted by atomic mass is 32.1. The first-order valence-electron chi connectivity index (χ1n) is 6.63. The molecule has 0 bridgehead atoms. The highest BCUT2D eigenvalue weighted by Gasteiger charge is 2.22. The molecule has 0 saturated carbocycles. The monoisotopic (exact) mass is 302 g/mol. The van der Waals surface area contributed by atoms with E-state index < -0.39 is 11.7 Å². The van der Waals surface area contributed by atoms with E-state index in [1.807, 2.05) is 27.7 Å². The largest absolute Gasteiger partial charge is 0.375 e. The molecule has 4 N–H and O–H groups in total. The summed E-state index contributed by atoms with van der Waals surface area (Å²) >= 11 is 4.81. The Balaban J connectivity index is 4.61. The average molecular weight is 302 g/mol. The zero-order valence-corrected chi connectivity index (χ0v) is 14.0. The van der Waals surface area contributed by atoms with Crippen molar-refractivity contribution in [3.05, 3.63) is 0 Å². The van der Waals surface area contributed by atoms with Gasteiger partial charge in [-0.05, 0) is 53.3 Å². The normalized spacial score (nSPS) is 12.3. The molecule has 0 aromatic heterocycles. The lowest BCUT2D eigenvalue weighted by molar-refractivity contribution is 0.207. The van der Waals surface area contributed by atoms with Crippen LogP contribution in [-0.2, 0) is 0 Å². The molecule has 2 amide bonds. The summed E-state index contributed by atoms with van der Waals surface area (Å²) in [4.78, 5) is 11.8. The Kier molecular flexibility index (Phi) is 6.84. The van der Waals surface area contributed by atoms with E-state index in [0.717, 1.165) is 6.42 Å². The summed E-state index contributed by atoms with van der Waals surface area (Å²) in [5.74, 6) is 0. The van der Waals surface area contributed by atoms with E-state index in [4.69, 9.17) is 18.0 Å². The minimum absolute atomic E-state index is 0.106. The number of rotatable bonds is 5. The summed E-state index contributed by atoms with van der Waals surface area (Å²) in [6, 6.07) is -0.432. The molecule has 0 aliphatic rings. The van der Waals surface area contributed by atoms with Gasteiger partial charge in [0.1, 0.15) is 5.66 Å². The van der Waals surface area contributed by atoms with E-state index >= 15 is 0 Å². The number of hydrazine groups is 1. The van der Waals surface area contributed by atoms with Crippen LogP contribution in [0.4, 0.5) is 4.79 Å². The smallest absolute Gasteiger partial charge is 0.335 e. The lowest BCUT2D eigenvalue weighted by Crippen LogP contribution is -2.55. The Morgan fingerprint density at radius 3 is 2.20 bits per heavy atom. The summed E-state index contributed by atoms with van der Waals surface area (Å²) in [5.41, 5.74) is 6.96. The first kappa shape index (κ1) is 18.6. The molecule has 0 radical (unpaired) electrons. The maximum atomic E-state index is 11.8. The number of carbonyl (C=O) groups excluding carboxylic acids is 1. The number of nitrogens with zero attached hydrogens (tertiary/aromatic N) is 3. The molecule has 7 nitrogen and oxygen atoms in total. The Bertz CT molecular complexity index is 380. The second-order valence-electron chi connectivity index (χ2n) is 5.57. The zero-order valence-electron chi connectivity index (χ0n) is 13.1. The molecule has 0 rings (SSSR count). The van der Waals surface area contributed by atoms with Crippen LogP contribution in [0.1, 0.15) is 48.0 Å². The van der Waals surface area contributed by atoms with Crippen LogP contribution >= 0.6 is 12.2 Å². The van der Waals surface area contributed by atoms with E-state index in [1.165, 1.54) is 5.01 Å². The SMILES string of the molecule is CCN(NC(=O)NC(C)(C)/N=N/C(C)(C)CC)C(N)=S. The average Bonchev–Trinajstić information content (AvgIpc) is 2.33. The van der Waals surface area contributed by atoms with Gasteiger partial charge < -0.3 is 11.1 Å². The second kappa shape index (κ2) is 7.37. The first-order chi connectivity index (χ1) is 9.03. The van der Waals surface area contributed by atoms with Crippen LogP contribution in [-0.4, -0.2) is 33.9 Å². The van der Waals surface area contributed by atoms with Gasteiger partial charge in [0.15, 0.2) is 5.11 Å². The zero-order chi connectivity index (χ0) is 16.0. The van der Waals surface area contributed by atoms with Gasteiger partial charge in [0.2, 0.25) is 0 Å². The predicted molar refractivity (Wildman–Crippen MR) is 84.1 cm³/mol. The van der Waals surface area contributed by atoms with Crippen LogP contribution in [0.3, 0.4) is 0 Å². The molecule has 0 aromatic carbocycles. The quantitative estimate of drug-likeness (QED) is 0.412. The summed E-state index contributed by atoms with van der Waals surface area (Å²) in [7, 11) is 0. The fourth-order valence-corrected chi connectivity index (χ4v) is 1.25. The molecule has 0 aromatic rings. The lowest BCUT2D eigenvalue weighted by atomic mass is 10.0. The molecule has 0 saturated heterocycles. The maximum absolute atomic E-state index is 11.8. The summed E-state index contributed by atoms with van der Waals surface area (Å²) in [6.07, 6.45) is 0.865. The molecule has 0 heterocycles. The molecule has 20 heavy (non-hydrogen) atoms. The molecule has 0 atom stereocenters. The van der Waals surface area contributed by atoms with Crippen molar-refractivity contribution in [2.45, 2.75) is 59.2 Å². The van der Waals surface area contributed by atoms with Crippen molar-refractivity contribution in [2.24, 2.45) is 16.0 Å². The van der Waals surface area contributed by atoms with Crippen LogP contribution in [0.25, 0.3) is 0 Å². The minimum atomic E-state index is -0.813. The molecular formula is C12H26N6OS. The molecule has 8 heteroatoms. The molecule has 116 valence electrons. The van der Waals surface area contributed by atoms with Gasteiger partial charge in [-0.3, -0.25) is 5.01 Å². The lowest BCUT2D eigenvalue weighted by Gasteiger charge is -2.26. The summed E-state index contributed by atoms with van der Waals surface area (Å²) in [5, 5.41) is 12.6. The number of thiocarbonyl (C=S) groups is 1. The van der Waals surface area contributed by atoms with E-state index in [0.29, 0.717) is 6.54 Å². The van der Waals surface area contributed by atoms with E-state index in [1.54, 1.807) is 13.8 Å². The molecule has 0 spiro atoms. The molecule has 0 fully saturated rings. The third kappa shape index (κ3) is 7.22. The highest BCUT2D eigenvalue weighted by Crippen LogP contribution is 2.16. The van der Waals surface area contributed by atoms with Crippen molar-refractivity contribution >= 4 is 23.4 Å². The Morgan fingerprint density at radius 1 is 1.25 bits per heavy atom. The van der Waals surface area contributed by atoms with Gasteiger partial charge in [-0.1, -0.05) is 6.92 Å². The van der Waals surface area contributed by atoms with Crippen molar-refractivity contribution in [2.75, 3.05) is 6.54 Å². The number of azo groups is 1. The van der Waals surface area contributed by atoms with Crippen molar-refractivity contribution < 1.29 is 4.79 Å². The van der Waals surface area contributed by atoms with Crippen molar-refractivity contribution in [3.8, 4) is 0 Å². The van der Waals surface area contributed by atoms with Gasteiger partial charge >= 0.3 is 6.03 Å². The fraction of sp³-hybridized carbons (Fsp3) is 0.833. The predicted octanol–water partition coefficient (Wildman–Crippen LogP) is 2.14. The minimum Gasteiger partial charge on any atom is -0.375 e. The summed E-state index contributed by atoms with van der Waals surface area (Å²) < 4.78 is 0. The number of amides is 2. The fourth-order valence-electron chi connectivity index (χ4n) is 1.07. The van der Waals surface area contributed by atoms with Crippen LogP contribution in [0.5, 0.6) is 0 Å². The van der Waals surface area contributed by atoms with Gasteiger partial charge in [-0.25, -0.2) is 10.2 Å². The van der Waals surface area contributed by atoms with Gasteiger partial charge in [0.25, 0.3) is 0 Å². The molecular weight excluding hydrogens is 276 g/mol. The number of nitrogens with one attached hydrogen (secondary N) is 2. The Hall–Kier alpha value is -1.44. The molecule has 0 aliphatic heterocycles. The third-order valence-corrected chi connectivity index (χ3v) is 2.89. The Morgan fingerprint density at radius 2 is 1.80 bits per heavy atom. The molecule has 0 unspecified atom stereocenters. The van der Waals surface area contributed by atoms with Crippen molar-refractivity contribution in [1.29, 1.82) is 0 Å². The van der Waals surface area contributed by atoms with Gasteiger partial charge in [0, 0.05) is 6.54 Å². The molecule has 0 aliphatic carbocycles. The van der Waals surface area contributed by atoms with E-state index in [2.05, 4.69) is 21.0 Å². The van der Waals surface area contributed by atoms with Crippen molar-refractivity contribution in [1.82, 2.24) is 15.8 Å². The van der Waals surface area contributed by atoms with E-state index in [9.17, 15) is 4.79 Å². The van der Waals surface area contributed by atoms with Gasteiger partial charge in [-0.2, -0.15) is 10.2 Å². The number of nitrogens with two attached hydrogens (primary N) is 1. The number of urea groups is 1. The Labute approximate surface area is 126 Å². The number of hydrogen-bond donors (Lipinski definition) is 3.